The summed E-state index contributed by atoms with van der Waals surface area (Å²) in [6.45, 7) is 11.0. The number of rotatable bonds is 9. The number of nitrogen functional groups attached to an aromatic ring is 2. The summed E-state index contributed by atoms with van der Waals surface area (Å²) >= 11 is 1.49. The number of nitrogens with two attached hydrogens (primary N) is 2. The largest absolute Gasteiger partial charge is 0.444 e. The molecule has 5 N–H and O–H groups in total. The number of benzene rings is 2. The fourth-order valence-corrected chi connectivity index (χ4v) is 7.71. The van der Waals surface area contributed by atoms with E-state index in [1.807, 2.05) is 23.6 Å². The molecule has 1 fully saturated rings. The Morgan fingerprint density at radius 3 is 2.28 bits per heavy atom. The number of nitrogens with zero attached hydrogens (tertiary/aromatic N) is 5. The van der Waals surface area contributed by atoms with Crippen LogP contribution >= 0.6 is 11.3 Å². The molecule has 47 heavy (non-hydrogen) atoms. The number of piperidine rings is 1. The average Bonchev–Trinajstić information content (AvgIpc) is 3.49. The SMILES string of the molecule is CCCN(c1nc(-c2nc(N)cc(N)n2)cs1)c1cc(-c2ccc(S(=O)(=O)N3CCC(NC(=O)OC(C)(C)C)CC3)cc2)ccc1C. The zero-order valence-corrected chi connectivity index (χ0v) is 29.0. The van der Waals surface area contributed by atoms with Crippen LogP contribution in [0.1, 0.15) is 52.5 Å². The Bertz CT molecular complexity index is 1810. The molecule has 0 spiro atoms. The quantitative estimate of drug-likeness (QED) is 0.192. The van der Waals surface area contributed by atoms with Crippen LogP contribution in [0.3, 0.4) is 0 Å². The van der Waals surface area contributed by atoms with Gasteiger partial charge in [-0.25, -0.2) is 28.2 Å². The first-order chi connectivity index (χ1) is 22.2. The molecule has 250 valence electrons. The molecule has 1 amide bonds. The van der Waals surface area contributed by atoms with E-state index in [0.717, 1.165) is 40.5 Å². The summed E-state index contributed by atoms with van der Waals surface area (Å²) in [4.78, 5) is 28.0. The van der Waals surface area contributed by atoms with Crippen molar-refractivity contribution >= 4 is 49.9 Å². The zero-order chi connectivity index (χ0) is 33.9. The van der Waals surface area contributed by atoms with Crippen LogP contribution in [-0.2, 0) is 14.8 Å². The topological polar surface area (TPSA) is 170 Å². The van der Waals surface area contributed by atoms with Crippen LogP contribution in [0.4, 0.5) is 27.2 Å². The Kier molecular flexibility index (Phi) is 10.0. The number of aryl methyl sites for hydroxylation is 1. The highest BCUT2D eigenvalue weighted by Gasteiger charge is 2.31. The average molecular weight is 679 g/mol. The number of ether oxygens (including phenoxy) is 1. The van der Waals surface area contributed by atoms with Crippen molar-refractivity contribution in [3.05, 3.63) is 59.5 Å². The smallest absolute Gasteiger partial charge is 0.407 e. The van der Waals surface area contributed by atoms with Crippen molar-refractivity contribution in [2.45, 2.75) is 70.4 Å². The number of anilines is 4. The molecule has 2 aromatic heterocycles. The molecule has 0 bridgehead atoms. The normalized spacial score (nSPS) is 14.6. The molecular weight excluding hydrogens is 637 g/mol. The molecule has 3 heterocycles. The Morgan fingerprint density at radius 2 is 1.66 bits per heavy atom. The second-order valence-corrected chi connectivity index (χ2v) is 15.3. The Morgan fingerprint density at radius 1 is 1.02 bits per heavy atom. The number of thiazole rings is 1. The van der Waals surface area contributed by atoms with E-state index in [4.69, 9.17) is 21.2 Å². The van der Waals surface area contributed by atoms with Crippen LogP contribution < -0.4 is 21.7 Å². The lowest BCUT2D eigenvalue weighted by atomic mass is 10.0. The van der Waals surface area contributed by atoms with Gasteiger partial charge in [0.2, 0.25) is 10.0 Å². The monoisotopic (exact) mass is 678 g/mol. The number of carbonyl (C=O) groups excluding carboxylic acids is 1. The van der Waals surface area contributed by atoms with Gasteiger partial charge in [0.05, 0.1) is 4.90 Å². The van der Waals surface area contributed by atoms with E-state index in [-0.39, 0.29) is 22.6 Å². The number of amides is 1. The minimum absolute atomic E-state index is 0.137. The molecule has 0 saturated carbocycles. The van der Waals surface area contributed by atoms with Gasteiger partial charge in [-0.05, 0) is 81.8 Å². The van der Waals surface area contributed by atoms with E-state index in [1.54, 1.807) is 32.9 Å². The highest BCUT2D eigenvalue weighted by molar-refractivity contribution is 7.89. The van der Waals surface area contributed by atoms with Crippen LogP contribution in [0.25, 0.3) is 22.6 Å². The van der Waals surface area contributed by atoms with E-state index < -0.39 is 21.7 Å². The van der Waals surface area contributed by atoms with Crippen LogP contribution in [-0.4, -0.2) is 65.0 Å². The summed E-state index contributed by atoms with van der Waals surface area (Å²) in [5.41, 5.74) is 15.7. The highest BCUT2D eigenvalue weighted by Crippen LogP contribution is 2.36. The lowest BCUT2D eigenvalue weighted by Gasteiger charge is -2.32. The molecule has 0 aliphatic carbocycles. The van der Waals surface area contributed by atoms with Gasteiger partial charge in [-0.2, -0.15) is 4.31 Å². The second-order valence-electron chi connectivity index (χ2n) is 12.6. The lowest BCUT2D eigenvalue weighted by molar-refractivity contribution is 0.0489. The van der Waals surface area contributed by atoms with Gasteiger partial charge in [0.1, 0.15) is 22.9 Å². The third kappa shape index (κ3) is 8.18. The Balaban J connectivity index is 1.31. The molecule has 1 aliphatic heterocycles. The van der Waals surface area contributed by atoms with E-state index in [2.05, 4.69) is 46.2 Å². The number of sulfonamides is 1. The van der Waals surface area contributed by atoms with Crippen LogP contribution in [0.5, 0.6) is 0 Å². The van der Waals surface area contributed by atoms with Gasteiger partial charge in [0, 0.05) is 42.8 Å². The van der Waals surface area contributed by atoms with Gasteiger partial charge >= 0.3 is 6.09 Å². The Hall–Kier alpha value is -4.27. The number of alkyl carbamates (subject to hydrolysis) is 1. The van der Waals surface area contributed by atoms with Crippen LogP contribution in [0, 0.1) is 6.92 Å². The van der Waals surface area contributed by atoms with Gasteiger partial charge in [-0.15, -0.1) is 11.3 Å². The van der Waals surface area contributed by atoms with Gasteiger partial charge in [-0.3, -0.25) is 0 Å². The van der Waals surface area contributed by atoms with Gasteiger partial charge < -0.3 is 26.4 Å². The minimum Gasteiger partial charge on any atom is -0.444 e. The maximum atomic E-state index is 13.5. The van der Waals surface area contributed by atoms with Crippen molar-refractivity contribution in [3.63, 3.8) is 0 Å². The van der Waals surface area contributed by atoms with Crippen molar-refractivity contribution in [3.8, 4) is 22.6 Å². The number of hydrogen-bond acceptors (Lipinski definition) is 11. The number of carbonyl (C=O) groups is 1. The molecule has 1 aliphatic rings. The standard InChI is InChI=1S/C33H42N8O4S2/c1-6-15-41(31-37-26(20-46-31)30-38-28(34)19-29(35)39-30)27-18-23(8-7-21(27)2)22-9-11-25(12-10-22)47(43,44)40-16-13-24(14-17-40)36-32(42)45-33(3,4)5/h7-12,18-20,24H,6,13-17H2,1-5H3,(H,36,42)(H4,34,35,38,39). The number of aromatic nitrogens is 3. The second kappa shape index (κ2) is 13.8. The first kappa shape index (κ1) is 34.1. The lowest BCUT2D eigenvalue weighted by Crippen LogP contribution is -2.47. The fourth-order valence-electron chi connectivity index (χ4n) is 5.40. The predicted molar refractivity (Wildman–Crippen MR) is 187 cm³/mol. The molecule has 0 radical (unpaired) electrons. The van der Waals surface area contributed by atoms with E-state index >= 15 is 0 Å². The zero-order valence-electron chi connectivity index (χ0n) is 27.4. The van der Waals surface area contributed by atoms with Crippen molar-refractivity contribution in [2.75, 3.05) is 36.0 Å². The predicted octanol–water partition coefficient (Wildman–Crippen LogP) is 5.97. The molecular formula is C33H42N8O4S2. The third-order valence-corrected chi connectivity index (χ3v) is 10.4. The maximum Gasteiger partial charge on any atom is 0.407 e. The van der Waals surface area contributed by atoms with Gasteiger partial charge in [0.15, 0.2) is 11.0 Å². The van der Waals surface area contributed by atoms with E-state index in [9.17, 15) is 13.2 Å². The summed E-state index contributed by atoms with van der Waals surface area (Å²) in [6, 6.07) is 14.6. The summed E-state index contributed by atoms with van der Waals surface area (Å²) in [6.07, 6.45) is 1.43. The molecule has 14 heteroatoms. The molecule has 5 rings (SSSR count). The molecule has 12 nitrogen and oxygen atoms in total. The molecule has 1 saturated heterocycles. The number of nitrogens with one attached hydrogen (secondary N) is 1. The fraction of sp³-hybridized carbons (Fsp3) is 0.394. The molecule has 0 atom stereocenters. The molecule has 4 aromatic rings. The summed E-state index contributed by atoms with van der Waals surface area (Å²) in [7, 11) is -3.69. The van der Waals surface area contributed by atoms with E-state index in [0.29, 0.717) is 37.4 Å². The molecule has 2 aromatic carbocycles. The Labute approximate surface area is 280 Å². The summed E-state index contributed by atoms with van der Waals surface area (Å²) in [5.74, 6) is 0.947. The molecule has 0 unspecified atom stereocenters. The van der Waals surface area contributed by atoms with Crippen LogP contribution in [0.15, 0.2) is 58.8 Å². The first-order valence-electron chi connectivity index (χ1n) is 15.6. The first-order valence-corrected chi connectivity index (χ1v) is 17.9. The van der Waals surface area contributed by atoms with Crippen molar-refractivity contribution in [1.29, 1.82) is 0 Å². The summed E-state index contributed by atoms with van der Waals surface area (Å²) < 4.78 is 33.8. The van der Waals surface area contributed by atoms with Gasteiger partial charge in [-0.1, -0.05) is 31.2 Å². The highest BCUT2D eigenvalue weighted by atomic mass is 32.2. The summed E-state index contributed by atoms with van der Waals surface area (Å²) in [5, 5.41) is 5.54. The van der Waals surface area contributed by atoms with Crippen LogP contribution in [0.2, 0.25) is 0 Å². The minimum atomic E-state index is -3.69. The third-order valence-electron chi connectivity index (χ3n) is 7.67. The van der Waals surface area contributed by atoms with Crippen molar-refractivity contribution in [1.82, 2.24) is 24.6 Å². The van der Waals surface area contributed by atoms with E-state index in [1.165, 1.54) is 21.7 Å². The number of hydrogen-bond donors (Lipinski definition) is 3. The van der Waals surface area contributed by atoms with Gasteiger partial charge in [0.25, 0.3) is 0 Å². The van der Waals surface area contributed by atoms with Crippen molar-refractivity contribution < 1.29 is 17.9 Å². The van der Waals surface area contributed by atoms with Crippen molar-refractivity contribution in [2.24, 2.45) is 0 Å². The maximum absolute atomic E-state index is 13.5.